The van der Waals surface area contributed by atoms with E-state index in [0.717, 1.165) is 29.5 Å². The van der Waals surface area contributed by atoms with Crippen LogP contribution in [0.1, 0.15) is 66.0 Å². The Labute approximate surface area is 211 Å². The zero-order chi connectivity index (χ0) is 25.1. The third-order valence-electron chi connectivity index (χ3n) is 5.90. The Bertz CT molecular complexity index is 1000. The molecule has 1 aliphatic rings. The van der Waals surface area contributed by atoms with Crippen molar-refractivity contribution < 1.29 is 13.7 Å². The zero-order valence-electron chi connectivity index (χ0n) is 21.1. The Morgan fingerprint density at radius 1 is 1.03 bits per heavy atom. The van der Waals surface area contributed by atoms with Crippen LogP contribution in [-0.2, 0) is 15.7 Å². The van der Waals surface area contributed by atoms with Crippen LogP contribution in [0.4, 0.5) is 4.79 Å². The fourth-order valence-electron chi connectivity index (χ4n) is 4.11. The summed E-state index contributed by atoms with van der Waals surface area (Å²) in [5.41, 5.74) is 2.76. The number of carbonyl (C=O) groups excluding carboxylic acids is 1. The van der Waals surface area contributed by atoms with Crippen molar-refractivity contribution in [2.45, 2.75) is 70.8 Å². The second-order valence-electron chi connectivity index (χ2n) is 10.9. The average molecular weight is 505 g/mol. The average Bonchev–Trinajstić information content (AvgIpc) is 2.76. The Hall–Kier alpha value is -1.89. The van der Waals surface area contributed by atoms with Gasteiger partial charge in [0.05, 0.1) is 15.7 Å². The molecular formula is C27H37ClN2O3S. The van der Waals surface area contributed by atoms with E-state index in [2.05, 4.69) is 16.9 Å². The lowest BCUT2D eigenvalue weighted by Crippen LogP contribution is -2.45. The van der Waals surface area contributed by atoms with Crippen LogP contribution in [0.3, 0.4) is 0 Å². The van der Waals surface area contributed by atoms with Crippen molar-refractivity contribution in [1.82, 2.24) is 9.62 Å². The van der Waals surface area contributed by atoms with Crippen molar-refractivity contribution in [2.24, 2.45) is 5.92 Å². The van der Waals surface area contributed by atoms with Crippen LogP contribution in [0.25, 0.3) is 11.1 Å². The summed E-state index contributed by atoms with van der Waals surface area (Å²) in [6, 6.07) is 16.0. The van der Waals surface area contributed by atoms with E-state index in [1.54, 1.807) is 4.90 Å². The molecule has 0 bridgehead atoms. The molecule has 0 radical (unpaired) electrons. The van der Waals surface area contributed by atoms with Crippen LogP contribution in [0.15, 0.2) is 48.5 Å². The van der Waals surface area contributed by atoms with Gasteiger partial charge >= 0.3 is 6.09 Å². The van der Waals surface area contributed by atoms with Gasteiger partial charge in [0.25, 0.3) is 0 Å². The minimum Gasteiger partial charge on any atom is -0.444 e. The highest BCUT2D eigenvalue weighted by Gasteiger charge is 2.34. The van der Waals surface area contributed by atoms with Crippen molar-refractivity contribution in [2.75, 3.05) is 13.1 Å². The van der Waals surface area contributed by atoms with Crippen molar-refractivity contribution in [3.05, 3.63) is 59.1 Å². The predicted molar refractivity (Wildman–Crippen MR) is 141 cm³/mol. The van der Waals surface area contributed by atoms with Gasteiger partial charge in [0.15, 0.2) is 0 Å². The van der Waals surface area contributed by atoms with Gasteiger partial charge in [-0.15, -0.1) is 0 Å². The van der Waals surface area contributed by atoms with Gasteiger partial charge in [-0.1, -0.05) is 48.0 Å². The number of hydrogen-bond acceptors (Lipinski definition) is 3. The van der Waals surface area contributed by atoms with E-state index in [0.29, 0.717) is 18.1 Å². The largest absolute Gasteiger partial charge is 0.444 e. The third-order valence-corrected chi connectivity index (χ3v) is 7.74. The van der Waals surface area contributed by atoms with Crippen molar-refractivity contribution >= 4 is 28.7 Å². The summed E-state index contributed by atoms with van der Waals surface area (Å²) in [5.74, 6) is 0.221. The van der Waals surface area contributed by atoms with Crippen molar-refractivity contribution in [3.8, 4) is 11.1 Å². The van der Waals surface area contributed by atoms with E-state index >= 15 is 0 Å². The number of piperidine rings is 1. The maximum Gasteiger partial charge on any atom is 0.410 e. The van der Waals surface area contributed by atoms with Crippen molar-refractivity contribution in [1.29, 1.82) is 0 Å². The molecule has 1 saturated heterocycles. The number of halogens is 1. The van der Waals surface area contributed by atoms with Crippen LogP contribution in [0, 0.1) is 5.92 Å². The number of rotatable bonds is 5. The topological polar surface area (TPSA) is 58.6 Å². The predicted octanol–water partition coefficient (Wildman–Crippen LogP) is 6.75. The molecule has 2 atom stereocenters. The van der Waals surface area contributed by atoms with Crippen LogP contribution in [0.5, 0.6) is 0 Å². The van der Waals surface area contributed by atoms with E-state index in [-0.39, 0.29) is 18.1 Å². The highest BCUT2D eigenvalue weighted by molar-refractivity contribution is 7.84. The molecule has 1 unspecified atom stereocenters. The molecule has 1 N–H and O–H groups in total. The molecule has 3 rings (SSSR count). The first-order valence-electron chi connectivity index (χ1n) is 11.9. The Balaban J connectivity index is 1.89. The lowest BCUT2D eigenvalue weighted by Gasteiger charge is -2.38. The number of nitrogens with one attached hydrogen (secondary N) is 1. The van der Waals surface area contributed by atoms with Gasteiger partial charge in [-0.2, -0.15) is 0 Å². The normalized spacial score (nSPS) is 17.3. The molecular weight excluding hydrogens is 468 g/mol. The summed E-state index contributed by atoms with van der Waals surface area (Å²) in [4.78, 5) is 14.3. The molecule has 2 aromatic carbocycles. The number of carbonyl (C=O) groups is 1. The maximum atomic E-state index is 13.2. The molecule has 186 valence electrons. The van der Waals surface area contributed by atoms with Crippen LogP contribution in [-0.4, -0.2) is 38.6 Å². The van der Waals surface area contributed by atoms with E-state index in [9.17, 15) is 9.00 Å². The molecule has 1 heterocycles. The monoisotopic (exact) mass is 504 g/mol. The molecule has 5 nitrogen and oxygen atoms in total. The Morgan fingerprint density at radius 2 is 1.62 bits per heavy atom. The number of benzene rings is 2. The van der Waals surface area contributed by atoms with Gasteiger partial charge in [-0.25, -0.2) is 13.7 Å². The van der Waals surface area contributed by atoms with Gasteiger partial charge in [0.2, 0.25) is 0 Å². The molecule has 0 aliphatic carbocycles. The first kappa shape index (κ1) is 26.7. The summed E-state index contributed by atoms with van der Waals surface area (Å²) in [6.45, 7) is 12.8. The zero-order valence-corrected chi connectivity index (χ0v) is 22.6. The first-order chi connectivity index (χ1) is 15.8. The minimum absolute atomic E-state index is 0.118. The molecule has 0 saturated carbocycles. The molecule has 0 aromatic heterocycles. The fourth-order valence-corrected chi connectivity index (χ4v) is 5.14. The molecule has 0 spiro atoms. The van der Waals surface area contributed by atoms with E-state index in [1.807, 2.05) is 77.9 Å². The summed E-state index contributed by atoms with van der Waals surface area (Å²) < 4.78 is 21.8. The smallest absolute Gasteiger partial charge is 0.410 e. The number of likely N-dealkylation sites (tertiary alicyclic amines) is 1. The van der Waals surface area contributed by atoms with E-state index < -0.39 is 21.3 Å². The highest BCUT2D eigenvalue weighted by atomic mass is 35.5. The summed E-state index contributed by atoms with van der Waals surface area (Å²) in [7, 11) is -1.25. The van der Waals surface area contributed by atoms with Gasteiger partial charge in [0, 0.05) is 24.2 Å². The molecule has 2 aromatic rings. The maximum absolute atomic E-state index is 13.2. The van der Waals surface area contributed by atoms with Crippen LogP contribution in [0.2, 0.25) is 5.02 Å². The fraction of sp³-hybridized carbons (Fsp3) is 0.519. The second kappa shape index (κ2) is 10.8. The Kier molecular flexibility index (Phi) is 8.48. The molecule has 1 aliphatic heterocycles. The third kappa shape index (κ3) is 7.06. The first-order valence-corrected chi connectivity index (χ1v) is 13.4. The van der Waals surface area contributed by atoms with E-state index in [4.69, 9.17) is 16.3 Å². The second-order valence-corrected chi connectivity index (χ2v) is 13.3. The lowest BCUT2D eigenvalue weighted by molar-refractivity contribution is 0.0172. The number of amides is 1. The number of ether oxygens (including phenoxy) is 1. The molecule has 1 fully saturated rings. The van der Waals surface area contributed by atoms with Gasteiger partial charge < -0.3 is 9.64 Å². The summed E-state index contributed by atoms with van der Waals surface area (Å²) >= 11 is 6.13. The van der Waals surface area contributed by atoms with Gasteiger partial charge in [-0.3, -0.25) is 0 Å². The van der Waals surface area contributed by atoms with E-state index in [1.165, 1.54) is 0 Å². The summed E-state index contributed by atoms with van der Waals surface area (Å²) in [6.07, 6.45) is 1.33. The standard InChI is InChI=1S/C27H37ClN2O3S/c1-26(2,3)33-25(31)30-17-15-20(16-18-30)24(29-34(32)27(4,5)6)23-10-8-7-9-22(23)19-11-13-21(28)14-12-19/h7-14,20,24,29H,15-18H2,1-6H3/t24-,34?/m0/s1. The van der Waals surface area contributed by atoms with Crippen LogP contribution >= 0.6 is 11.6 Å². The number of hydrogen-bond donors (Lipinski definition) is 1. The highest BCUT2D eigenvalue weighted by Crippen LogP contribution is 2.37. The lowest BCUT2D eigenvalue weighted by atomic mass is 9.83. The molecule has 7 heteroatoms. The molecule has 34 heavy (non-hydrogen) atoms. The van der Waals surface area contributed by atoms with Gasteiger partial charge in [0.1, 0.15) is 5.60 Å². The van der Waals surface area contributed by atoms with Gasteiger partial charge in [-0.05, 0) is 89.1 Å². The summed E-state index contributed by atoms with van der Waals surface area (Å²) in [5, 5.41) is 0.694. The quantitative estimate of drug-likeness (QED) is 0.490. The molecule has 1 amide bonds. The van der Waals surface area contributed by atoms with Crippen LogP contribution < -0.4 is 4.72 Å². The minimum atomic E-state index is -1.25. The Morgan fingerprint density at radius 3 is 2.18 bits per heavy atom. The van der Waals surface area contributed by atoms with Crippen molar-refractivity contribution in [3.63, 3.8) is 0 Å². The SMILES string of the molecule is CC(C)(C)OC(=O)N1CCC([C@H](NS(=O)C(C)(C)C)c2ccccc2-c2ccc(Cl)cc2)CC1. The number of nitrogens with zero attached hydrogens (tertiary/aromatic N) is 1.